The largest absolute Gasteiger partial charge is 0.343 e. The summed E-state index contributed by atoms with van der Waals surface area (Å²) >= 11 is 11.7. The van der Waals surface area contributed by atoms with Crippen LogP contribution in [0.5, 0.6) is 0 Å². The van der Waals surface area contributed by atoms with Gasteiger partial charge in [-0.05, 0) is 23.8 Å². The standard InChI is InChI=1S/C16H13Cl2N3O2/c17-12-6-7-14(18)13(8-12)16(23)19-10-15(22)21-20-9-11-4-2-1-3-5-11/h1-9H,10H2,(H,19,23)(H,21,22)/b20-9+. The van der Waals surface area contributed by atoms with E-state index in [1.165, 1.54) is 18.3 Å². The third-order valence-electron chi connectivity index (χ3n) is 2.78. The van der Waals surface area contributed by atoms with Crippen LogP contribution in [0.4, 0.5) is 0 Å². The van der Waals surface area contributed by atoms with Gasteiger partial charge in [-0.15, -0.1) is 0 Å². The summed E-state index contributed by atoms with van der Waals surface area (Å²) in [5, 5.41) is 6.89. The summed E-state index contributed by atoms with van der Waals surface area (Å²) in [6, 6.07) is 13.8. The van der Waals surface area contributed by atoms with Gasteiger partial charge in [0.1, 0.15) is 0 Å². The van der Waals surface area contributed by atoms with Gasteiger partial charge in [0.15, 0.2) is 0 Å². The van der Waals surface area contributed by atoms with Gasteiger partial charge < -0.3 is 5.32 Å². The number of rotatable bonds is 5. The second-order valence-corrected chi connectivity index (χ2v) is 5.35. The van der Waals surface area contributed by atoms with Crippen LogP contribution in [0.25, 0.3) is 0 Å². The SMILES string of the molecule is O=C(CNC(=O)c1cc(Cl)ccc1Cl)N/N=C/c1ccccc1. The lowest BCUT2D eigenvalue weighted by Crippen LogP contribution is -2.35. The smallest absolute Gasteiger partial charge is 0.259 e. The number of nitrogens with one attached hydrogen (secondary N) is 2. The Morgan fingerprint density at radius 2 is 1.83 bits per heavy atom. The van der Waals surface area contributed by atoms with Crippen molar-refractivity contribution < 1.29 is 9.59 Å². The molecule has 2 amide bonds. The van der Waals surface area contributed by atoms with Gasteiger partial charge in [0.05, 0.1) is 23.3 Å². The van der Waals surface area contributed by atoms with Crippen molar-refractivity contribution in [3.63, 3.8) is 0 Å². The molecule has 2 aromatic carbocycles. The molecule has 0 heterocycles. The highest BCUT2D eigenvalue weighted by molar-refractivity contribution is 6.35. The zero-order valence-corrected chi connectivity index (χ0v) is 13.4. The van der Waals surface area contributed by atoms with Crippen LogP contribution in [0.1, 0.15) is 15.9 Å². The maximum atomic E-state index is 11.9. The summed E-state index contributed by atoms with van der Waals surface area (Å²) in [4.78, 5) is 23.6. The average molecular weight is 350 g/mol. The Labute approximate surface area is 143 Å². The van der Waals surface area contributed by atoms with Crippen molar-refractivity contribution in [2.24, 2.45) is 5.10 Å². The summed E-state index contributed by atoms with van der Waals surface area (Å²) in [6.45, 7) is -0.228. The predicted molar refractivity (Wildman–Crippen MR) is 91.0 cm³/mol. The lowest BCUT2D eigenvalue weighted by molar-refractivity contribution is -0.120. The molecule has 0 radical (unpaired) electrons. The van der Waals surface area contributed by atoms with Crippen molar-refractivity contribution in [1.82, 2.24) is 10.7 Å². The van der Waals surface area contributed by atoms with E-state index < -0.39 is 11.8 Å². The van der Waals surface area contributed by atoms with Gasteiger partial charge in [0.25, 0.3) is 11.8 Å². The van der Waals surface area contributed by atoms with Crippen molar-refractivity contribution in [3.05, 3.63) is 69.7 Å². The van der Waals surface area contributed by atoms with E-state index in [0.717, 1.165) is 5.56 Å². The highest BCUT2D eigenvalue weighted by Gasteiger charge is 2.12. The Kier molecular flexibility index (Phi) is 6.14. The lowest BCUT2D eigenvalue weighted by Gasteiger charge is -2.06. The summed E-state index contributed by atoms with van der Waals surface area (Å²) in [6.07, 6.45) is 1.51. The van der Waals surface area contributed by atoms with Gasteiger partial charge in [-0.25, -0.2) is 5.43 Å². The van der Waals surface area contributed by atoms with Gasteiger partial charge in [-0.1, -0.05) is 53.5 Å². The Balaban J connectivity index is 1.83. The van der Waals surface area contributed by atoms with Crippen molar-refractivity contribution in [3.8, 4) is 0 Å². The molecular formula is C16H13Cl2N3O2. The number of nitrogens with zero attached hydrogens (tertiary/aromatic N) is 1. The first-order chi connectivity index (χ1) is 11.1. The van der Waals surface area contributed by atoms with Crippen LogP contribution in [0.15, 0.2) is 53.6 Å². The molecule has 0 spiro atoms. The molecule has 0 aliphatic rings. The van der Waals surface area contributed by atoms with E-state index in [2.05, 4.69) is 15.8 Å². The van der Waals surface area contributed by atoms with Crippen LogP contribution in [-0.2, 0) is 4.79 Å². The maximum Gasteiger partial charge on any atom is 0.259 e. The molecule has 118 valence electrons. The Hall–Kier alpha value is -2.37. The van der Waals surface area contributed by atoms with Crippen LogP contribution in [0.2, 0.25) is 10.0 Å². The van der Waals surface area contributed by atoms with E-state index in [1.54, 1.807) is 6.07 Å². The summed E-state index contributed by atoms with van der Waals surface area (Å²) in [5.74, 6) is -0.941. The zero-order valence-electron chi connectivity index (χ0n) is 11.9. The van der Waals surface area contributed by atoms with Crippen LogP contribution in [0, 0.1) is 0 Å². The molecule has 0 aliphatic heterocycles. The fourth-order valence-electron chi connectivity index (χ4n) is 1.68. The molecular weight excluding hydrogens is 337 g/mol. The number of hydrogen-bond acceptors (Lipinski definition) is 3. The van der Waals surface area contributed by atoms with E-state index in [-0.39, 0.29) is 17.1 Å². The molecule has 0 atom stereocenters. The summed E-state index contributed by atoms with van der Waals surface area (Å²) < 4.78 is 0. The highest BCUT2D eigenvalue weighted by atomic mass is 35.5. The van der Waals surface area contributed by atoms with Crippen molar-refractivity contribution in [2.45, 2.75) is 0 Å². The second-order valence-electron chi connectivity index (χ2n) is 4.51. The van der Waals surface area contributed by atoms with Gasteiger partial charge in [0, 0.05) is 5.02 Å². The molecule has 0 saturated heterocycles. The van der Waals surface area contributed by atoms with Crippen molar-refractivity contribution >= 4 is 41.2 Å². The number of carbonyl (C=O) groups is 2. The van der Waals surface area contributed by atoms with E-state index >= 15 is 0 Å². The van der Waals surface area contributed by atoms with Gasteiger partial charge in [0.2, 0.25) is 0 Å². The Morgan fingerprint density at radius 3 is 2.57 bits per heavy atom. The number of carbonyl (C=O) groups excluding carboxylic acids is 2. The first-order valence-corrected chi connectivity index (χ1v) is 7.42. The number of amides is 2. The summed E-state index contributed by atoms with van der Waals surface area (Å²) in [5.41, 5.74) is 3.38. The number of hydrazone groups is 1. The van der Waals surface area contributed by atoms with Crippen molar-refractivity contribution in [1.29, 1.82) is 0 Å². The molecule has 0 saturated carbocycles. The minimum absolute atomic E-state index is 0.208. The predicted octanol–water partition coefficient (Wildman–Crippen LogP) is 2.87. The first kappa shape index (κ1) is 17.0. The number of benzene rings is 2. The number of halogens is 2. The van der Waals surface area contributed by atoms with Crippen LogP contribution >= 0.6 is 23.2 Å². The molecule has 2 N–H and O–H groups in total. The van der Waals surface area contributed by atoms with E-state index in [1.807, 2.05) is 30.3 Å². The van der Waals surface area contributed by atoms with Gasteiger partial charge in [-0.3, -0.25) is 9.59 Å². The second kappa shape index (κ2) is 8.31. The monoisotopic (exact) mass is 349 g/mol. The van der Waals surface area contributed by atoms with Crippen molar-refractivity contribution in [2.75, 3.05) is 6.54 Å². The highest BCUT2D eigenvalue weighted by Crippen LogP contribution is 2.20. The van der Waals surface area contributed by atoms with E-state index in [9.17, 15) is 9.59 Å². The van der Waals surface area contributed by atoms with E-state index in [0.29, 0.717) is 5.02 Å². The molecule has 23 heavy (non-hydrogen) atoms. The fraction of sp³-hybridized carbons (Fsp3) is 0.0625. The maximum absolute atomic E-state index is 11.9. The third-order valence-corrected chi connectivity index (χ3v) is 3.35. The van der Waals surface area contributed by atoms with Gasteiger partial charge >= 0.3 is 0 Å². The summed E-state index contributed by atoms with van der Waals surface area (Å²) in [7, 11) is 0. The van der Waals surface area contributed by atoms with E-state index in [4.69, 9.17) is 23.2 Å². The van der Waals surface area contributed by atoms with Crippen LogP contribution < -0.4 is 10.7 Å². The minimum atomic E-state index is -0.486. The molecule has 7 heteroatoms. The molecule has 2 aromatic rings. The Bertz CT molecular complexity index is 733. The molecule has 0 fully saturated rings. The lowest BCUT2D eigenvalue weighted by atomic mass is 10.2. The molecule has 5 nitrogen and oxygen atoms in total. The zero-order chi connectivity index (χ0) is 16.7. The minimum Gasteiger partial charge on any atom is -0.343 e. The van der Waals surface area contributed by atoms with Crippen LogP contribution in [0.3, 0.4) is 0 Å². The number of hydrogen-bond donors (Lipinski definition) is 2. The molecule has 0 bridgehead atoms. The third kappa shape index (κ3) is 5.39. The fourth-order valence-corrected chi connectivity index (χ4v) is 2.06. The molecule has 0 aliphatic carbocycles. The first-order valence-electron chi connectivity index (χ1n) is 6.66. The topological polar surface area (TPSA) is 70.6 Å². The molecule has 0 unspecified atom stereocenters. The van der Waals surface area contributed by atoms with Crippen LogP contribution in [-0.4, -0.2) is 24.6 Å². The normalized spacial score (nSPS) is 10.5. The average Bonchev–Trinajstić information content (AvgIpc) is 2.56. The molecule has 0 aromatic heterocycles. The Morgan fingerprint density at radius 1 is 1.09 bits per heavy atom. The van der Waals surface area contributed by atoms with Gasteiger partial charge in [-0.2, -0.15) is 5.10 Å². The molecule has 2 rings (SSSR count). The quantitative estimate of drug-likeness (QED) is 0.643.